The highest BCUT2D eigenvalue weighted by molar-refractivity contribution is 5.80. The Morgan fingerprint density at radius 1 is 1.05 bits per heavy atom. The van der Waals surface area contributed by atoms with Crippen molar-refractivity contribution < 1.29 is 9.59 Å². The zero-order chi connectivity index (χ0) is 15.4. The number of rotatable bonds is 5. The van der Waals surface area contributed by atoms with Gasteiger partial charge in [-0.15, -0.1) is 0 Å². The minimum absolute atomic E-state index is 0.0286. The van der Waals surface area contributed by atoms with Crippen LogP contribution in [-0.2, 0) is 4.79 Å². The number of amides is 3. The van der Waals surface area contributed by atoms with E-state index >= 15 is 0 Å². The van der Waals surface area contributed by atoms with Gasteiger partial charge in [0.15, 0.2) is 0 Å². The maximum atomic E-state index is 12.1. The standard InChI is InChI=1S/C17H23N3O2/c21-16(14-6-7-14)18-9-10-19-17(22)20-11-8-15(12-20)13-4-2-1-3-5-13/h1-5,14-15H,6-12H2,(H,18,21)(H,19,22)/t15-/m1/s1. The zero-order valence-corrected chi connectivity index (χ0v) is 12.8. The van der Waals surface area contributed by atoms with Crippen molar-refractivity contribution in [3.63, 3.8) is 0 Å². The third kappa shape index (κ3) is 3.78. The molecular weight excluding hydrogens is 278 g/mol. The number of hydrogen-bond donors (Lipinski definition) is 2. The Morgan fingerprint density at radius 2 is 1.77 bits per heavy atom. The van der Waals surface area contributed by atoms with Gasteiger partial charge in [0.05, 0.1) is 0 Å². The maximum Gasteiger partial charge on any atom is 0.317 e. The highest BCUT2D eigenvalue weighted by Crippen LogP contribution is 2.28. The van der Waals surface area contributed by atoms with Gasteiger partial charge in [0.2, 0.25) is 5.91 Å². The molecule has 3 amide bonds. The Hall–Kier alpha value is -2.04. The van der Waals surface area contributed by atoms with Gasteiger partial charge in [-0.3, -0.25) is 4.79 Å². The molecule has 1 saturated heterocycles. The lowest BCUT2D eigenvalue weighted by atomic mass is 9.99. The van der Waals surface area contributed by atoms with E-state index in [0.29, 0.717) is 19.0 Å². The number of benzene rings is 1. The van der Waals surface area contributed by atoms with Crippen LogP contribution < -0.4 is 10.6 Å². The van der Waals surface area contributed by atoms with Crippen molar-refractivity contribution in [3.05, 3.63) is 35.9 Å². The molecule has 5 nitrogen and oxygen atoms in total. The predicted molar refractivity (Wildman–Crippen MR) is 84.5 cm³/mol. The molecule has 2 fully saturated rings. The smallest absolute Gasteiger partial charge is 0.317 e. The van der Waals surface area contributed by atoms with Crippen molar-refractivity contribution in [3.8, 4) is 0 Å². The zero-order valence-electron chi connectivity index (χ0n) is 12.8. The van der Waals surface area contributed by atoms with Crippen LogP contribution >= 0.6 is 0 Å². The Kier molecular flexibility index (Phi) is 4.61. The van der Waals surface area contributed by atoms with Crippen LogP contribution in [0.2, 0.25) is 0 Å². The van der Waals surface area contributed by atoms with Crippen molar-refractivity contribution in [1.29, 1.82) is 0 Å². The first-order chi connectivity index (χ1) is 10.7. The minimum Gasteiger partial charge on any atom is -0.354 e. The summed E-state index contributed by atoms with van der Waals surface area (Å²) in [6.07, 6.45) is 3.02. The summed E-state index contributed by atoms with van der Waals surface area (Å²) in [4.78, 5) is 25.4. The van der Waals surface area contributed by atoms with E-state index in [2.05, 4.69) is 22.8 Å². The van der Waals surface area contributed by atoms with Crippen LogP contribution in [0.1, 0.15) is 30.7 Å². The molecule has 3 rings (SSSR count). The van der Waals surface area contributed by atoms with E-state index in [1.165, 1.54) is 5.56 Å². The number of nitrogens with one attached hydrogen (secondary N) is 2. The lowest BCUT2D eigenvalue weighted by molar-refractivity contribution is -0.122. The largest absolute Gasteiger partial charge is 0.354 e. The lowest BCUT2D eigenvalue weighted by Crippen LogP contribution is -2.42. The topological polar surface area (TPSA) is 61.4 Å². The van der Waals surface area contributed by atoms with Crippen molar-refractivity contribution in [1.82, 2.24) is 15.5 Å². The van der Waals surface area contributed by atoms with Gasteiger partial charge in [0.25, 0.3) is 0 Å². The van der Waals surface area contributed by atoms with Crippen LogP contribution in [0.3, 0.4) is 0 Å². The van der Waals surface area contributed by atoms with Crippen LogP contribution in [-0.4, -0.2) is 43.0 Å². The molecule has 0 aromatic heterocycles. The summed E-state index contributed by atoms with van der Waals surface area (Å²) in [6.45, 7) is 2.56. The van der Waals surface area contributed by atoms with E-state index in [1.807, 2.05) is 23.1 Å². The van der Waals surface area contributed by atoms with Gasteiger partial charge in [-0.05, 0) is 24.8 Å². The van der Waals surface area contributed by atoms with Gasteiger partial charge in [-0.2, -0.15) is 0 Å². The van der Waals surface area contributed by atoms with Gasteiger partial charge in [-0.1, -0.05) is 30.3 Å². The Labute approximate surface area is 131 Å². The summed E-state index contributed by atoms with van der Waals surface area (Å²) < 4.78 is 0. The van der Waals surface area contributed by atoms with Crippen LogP contribution in [0.25, 0.3) is 0 Å². The molecule has 1 aliphatic heterocycles. The molecule has 1 aromatic carbocycles. The second kappa shape index (κ2) is 6.81. The van der Waals surface area contributed by atoms with Crippen LogP contribution in [0.5, 0.6) is 0 Å². The predicted octanol–water partition coefficient (Wildman–Crippen LogP) is 1.71. The second-order valence-corrected chi connectivity index (χ2v) is 6.14. The average Bonchev–Trinajstić information content (AvgIpc) is 3.29. The van der Waals surface area contributed by atoms with Gasteiger partial charge in [0.1, 0.15) is 0 Å². The summed E-state index contributed by atoms with van der Waals surface area (Å²) in [5, 5.41) is 5.74. The van der Waals surface area contributed by atoms with Crippen molar-refractivity contribution >= 4 is 11.9 Å². The molecule has 22 heavy (non-hydrogen) atoms. The average molecular weight is 301 g/mol. The fourth-order valence-electron chi connectivity index (χ4n) is 2.90. The van der Waals surface area contributed by atoms with Gasteiger partial charge in [0, 0.05) is 38.0 Å². The number of carbonyl (C=O) groups is 2. The molecule has 2 aliphatic rings. The number of likely N-dealkylation sites (tertiary alicyclic amines) is 1. The van der Waals surface area contributed by atoms with Crippen molar-refractivity contribution in [2.75, 3.05) is 26.2 Å². The van der Waals surface area contributed by atoms with E-state index in [9.17, 15) is 9.59 Å². The van der Waals surface area contributed by atoms with Gasteiger partial charge < -0.3 is 15.5 Å². The molecule has 1 aromatic rings. The SMILES string of the molecule is O=C(NCCNC(=O)N1CC[C@@H](c2ccccc2)C1)C1CC1. The number of hydrogen-bond acceptors (Lipinski definition) is 2. The normalized spacial score (nSPS) is 20.7. The third-order valence-electron chi connectivity index (χ3n) is 4.40. The number of nitrogens with zero attached hydrogens (tertiary/aromatic N) is 1. The molecule has 1 heterocycles. The molecule has 0 bridgehead atoms. The summed E-state index contributed by atoms with van der Waals surface area (Å²) in [5.74, 6) is 0.780. The van der Waals surface area contributed by atoms with E-state index in [-0.39, 0.29) is 17.9 Å². The molecule has 1 atom stereocenters. The molecule has 5 heteroatoms. The molecule has 0 unspecified atom stereocenters. The van der Waals surface area contributed by atoms with Crippen LogP contribution in [0.15, 0.2) is 30.3 Å². The Balaban J connectivity index is 1.37. The molecule has 2 N–H and O–H groups in total. The van der Waals surface area contributed by atoms with Crippen molar-refractivity contribution in [2.24, 2.45) is 5.92 Å². The first kappa shape index (κ1) is 14.9. The quantitative estimate of drug-likeness (QED) is 0.813. The van der Waals surface area contributed by atoms with Gasteiger partial charge >= 0.3 is 6.03 Å². The fraction of sp³-hybridized carbons (Fsp3) is 0.529. The number of urea groups is 1. The fourth-order valence-corrected chi connectivity index (χ4v) is 2.90. The van der Waals surface area contributed by atoms with E-state index in [1.54, 1.807) is 0 Å². The van der Waals surface area contributed by atoms with Crippen LogP contribution in [0, 0.1) is 5.92 Å². The van der Waals surface area contributed by atoms with Gasteiger partial charge in [-0.25, -0.2) is 4.79 Å². The summed E-state index contributed by atoms with van der Waals surface area (Å²) >= 11 is 0. The van der Waals surface area contributed by atoms with Crippen molar-refractivity contribution in [2.45, 2.75) is 25.2 Å². The highest BCUT2D eigenvalue weighted by atomic mass is 16.2. The summed E-state index contributed by atoms with van der Waals surface area (Å²) in [7, 11) is 0. The summed E-state index contributed by atoms with van der Waals surface area (Å²) in [6, 6.07) is 10.3. The molecule has 118 valence electrons. The Bertz CT molecular complexity index is 528. The molecule has 0 radical (unpaired) electrons. The minimum atomic E-state index is -0.0286. The molecular formula is C17H23N3O2. The summed E-state index contributed by atoms with van der Waals surface area (Å²) in [5.41, 5.74) is 1.30. The monoisotopic (exact) mass is 301 g/mol. The van der Waals surface area contributed by atoms with E-state index in [0.717, 1.165) is 32.4 Å². The lowest BCUT2D eigenvalue weighted by Gasteiger charge is -2.17. The highest BCUT2D eigenvalue weighted by Gasteiger charge is 2.29. The first-order valence-corrected chi connectivity index (χ1v) is 8.09. The molecule has 0 spiro atoms. The number of carbonyl (C=O) groups excluding carboxylic acids is 2. The molecule has 1 aliphatic carbocycles. The maximum absolute atomic E-state index is 12.1. The second-order valence-electron chi connectivity index (χ2n) is 6.14. The van der Waals surface area contributed by atoms with E-state index < -0.39 is 0 Å². The van der Waals surface area contributed by atoms with E-state index in [4.69, 9.17) is 0 Å². The molecule has 1 saturated carbocycles. The Morgan fingerprint density at radius 3 is 2.50 bits per heavy atom. The third-order valence-corrected chi connectivity index (χ3v) is 4.40. The first-order valence-electron chi connectivity index (χ1n) is 8.09. The van der Waals surface area contributed by atoms with Crippen LogP contribution in [0.4, 0.5) is 4.79 Å².